The molecule has 3 rings (SSSR count). The number of nitriles is 1. The molecule has 2 heterocycles. The van der Waals surface area contributed by atoms with E-state index in [-0.39, 0.29) is 5.95 Å². The third kappa shape index (κ3) is 3.41. The molecule has 0 saturated carbocycles. The molecule has 0 aliphatic heterocycles. The number of aromatic amines is 1. The van der Waals surface area contributed by atoms with Crippen LogP contribution >= 0.6 is 0 Å². The summed E-state index contributed by atoms with van der Waals surface area (Å²) in [6.07, 6.45) is 1.59. The van der Waals surface area contributed by atoms with Gasteiger partial charge in [-0.3, -0.25) is 5.10 Å². The van der Waals surface area contributed by atoms with Gasteiger partial charge in [0.2, 0.25) is 5.95 Å². The van der Waals surface area contributed by atoms with Gasteiger partial charge in [0, 0.05) is 25.0 Å². The molecule has 0 spiro atoms. The summed E-state index contributed by atoms with van der Waals surface area (Å²) < 4.78 is 0. The normalized spacial score (nSPS) is 10.1. The van der Waals surface area contributed by atoms with Gasteiger partial charge in [-0.2, -0.15) is 15.3 Å². The molecule has 0 unspecified atom stereocenters. The van der Waals surface area contributed by atoms with Crippen LogP contribution in [-0.2, 0) is 0 Å². The molecule has 3 aromatic rings. The number of benzene rings is 1. The molecule has 1 aromatic carbocycles. The lowest BCUT2D eigenvalue weighted by atomic mass is 10.1. The van der Waals surface area contributed by atoms with Crippen LogP contribution < -0.4 is 16.4 Å². The highest BCUT2D eigenvalue weighted by atomic mass is 15.1. The van der Waals surface area contributed by atoms with Crippen LogP contribution in [0.15, 0.2) is 42.6 Å². The SMILES string of the molecule is N#Cc1c(NCCNc2ccccc2)nc(N)nc1-c1ccn[nH]1. The first-order valence-electron chi connectivity index (χ1n) is 7.38. The first-order valence-corrected chi connectivity index (χ1v) is 7.38. The molecule has 8 heteroatoms. The second kappa shape index (κ2) is 7.11. The van der Waals surface area contributed by atoms with E-state index in [4.69, 9.17) is 5.73 Å². The monoisotopic (exact) mass is 320 g/mol. The molecule has 0 aliphatic carbocycles. The fraction of sp³-hybridized carbons (Fsp3) is 0.125. The van der Waals surface area contributed by atoms with Crippen molar-refractivity contribution in [2.75, 3.05) is 29.5 Å². The second-order valence-electron chi connectivity index (χ2n) is 4.96. The fourth-order valence-corrected chi connectivity index (χ4v) is 2.24. The van der Waals surface area contributed by atoms with Crippen molar-refractivity contribution in [1.29, 1.82) is 5.26 Å². The number of hydrogen-bond donors (Lipinski definition) is 4. The summed E-state index contributed by atoms with van der Waals surface area (Å²) in [5.74, 6) is 0.501. The standard InChI is InChI=1S/C16H16N8/c17-10-12-14(13-6-7-21-24-13)22-16(18)23-15(12)20-9-8-19-11-4-2-1-3-5-11/h1-7,19H,8-9H2,(H,21,24)(H3,18,20,22,23). The van der Waals surface area contributed by atoms with Crippen LogP contribution in [0, 0.1) is 11.3 Å². The van der Waals surface area contributed by atoms with E-state index in [2.05, 4.69) is 36.9 Å². The molecule has 0 saturated heterocycles. The van der Waals surface area contributed by atoms with Crippen LogP contribution in [0.4, 0.5) is 17.5 Å². The largest absolute Gasteiger partial charge is 0.383 e. The lowest BCUT2D eigenvalue weighted by Crippen LogP contribution is -2.16. The molecule has 0 radical (unpaired) electrons. The summed E-state index contributed by atoms with van der Waals surface area (Å²) in [7, 11) is 0. The van der Waals surface area contributed by atoms with Gasteiger partial charge in [0.05, 0.1) is 5.69 Å². The maximum atomic E-state index is 9.46. The van der Waals surface area contributed by atoms with Crippen molar-refractivity contribution in [1.82, 2.24) is 20.2 Å². The van der Waals surface area contributed by atoms with E-state index < -0.39 is 0 Å². The van der Waals surface area contributed by atoms with E-state index in [9.17, 15) is 5.26 Å². The van der Waals surface area contributed by atoms with Gasteiger partial charge in [-0.25, -0.2) is 4.98 Å². The Balaban J connectivity index is 1.72. The number of para-hydroxylation sites is 1. The number of H-pyrrole nitrogens is 1. The number of rotatable bonds is 6. The predicted molar refractivity (Wildman–Crippen MR) is 92.2 cm³/mol. The highest BCUT2D eigenvalue weighted by Gasteiger charge is 2.15. The average molecular weight is 320 g/mol. The van der Waals surface area contributed by atoms with Gasteiger partial charge < -0.3 is 16.4 Å². The van der Waals surface area contributed by atoms with Crippen molar-refractivity contribution in [2.45, 2.75) is 0 Å². The molecule has 24 heavy (non-hydrogen) atoms. The Hall–Kier alpha value is -3.60. The first-order chi connectivity index (χ1) is 11.8. The molecular formula is C16H16N8. The zero-order valence-corrected chi connectivity index (χ0v) is 12.8. The van der Waals surface area contributed by atoms with Crippen LogP contribution in [0.25, 0.3) is 11.4 Å². The number of hydrogen-bond acceptors (Lipinski definition) is 7. The van der Waals surface area contributed by atoms with Crippen molar-refractivity contribution in [3.8, 4) is 17.5 Å². The molecule has 0 aliphatic rings. The molecule has 120 valence electrons. The van der Waals surface area contributed by atoms with E-state index in [1.807, 2.05) is 30.3 Å². The Labute approximate surface area is 138 Å². The van der Waals surface area contributed by atoms with E-state index in [0.717, 1.165) is 5.69 Å². The minimum atomic E-state index is 0.0946. The van der Waals surface area contributed by atoms with Crippen LogP contribution in [-0.4, -0.2) is 33.3 Å². The smallest absolute Gasteiger partial charge is 0.222 e. The predicted octanol–water partition coefficient (Wildman–Crippen LogP) is 1.84. The first kappa shape index (κ1) is 15.3. The van der Waals surface area contributed by atoms with Gasteiger partial charge in [-0.05, 0) is 18.2 Å². The average Bonchev–Trinajstić information content (AvgIpc) is 3.13. The van der Waals surface area contributed by atoms with Crippen LogP contribution in [0.2, 0.25) is 0 Å². The molecule has 2 aromatic heterocycles. The Morgan fingerprint density at radius 3 is 2.58 bits per heavy atom. The highest BCUT2D eigenvalue weighted by molar-refractivity contribution is 5.71. The van der Waals surface area contributed by atoms with Crippen molar-refractivity contribution >= 4 is 17.5 Å². The summed E-state index contributed by atoms with van der Waals surface area (Å²) in [6.45, 7) is 1.24. The Morgan fingerprint density at radius 1 is 1.08 bits per heavy atom. The molecule has 0 bridgehead atoms. The molecule has 5 N–H and O–H groups in total. The van der Waals surface area contributed by atoms with Crippen LogP contribution in [0.5, 0.6) is 0 Å². The van der Waals surface area contributed by atoms with Gasteiger partial charge in [-0.15, -0.1) is 0 Å². The zero-order valence-electron chi connectivity index (χ0n) is 12.8. The van der Waals surface area contributed by atoms with E-state index in [1.54, 1.807) is 12.3 Å². The van der Waals surface area contributed by atoms with Crippen molar-refractivity contribution < 1.29 is 0 Å². The lowest BCUT2D eigenvalue weighted by Gasteiger charge is -2.11. The Morgan fingerprint density at radius 2 is 1.88 bits per heavy atom. The quantitative estimate of drug-likeness (QED) is 0.510. The minimum Gasteiger partial charge on any atom is -0.383 e. The molecule has 8 nitrogen and oxygen atoms in total. The third-order valence-electron chi connectivity index (χ3n) is 3.31. The molecule has 0 atom stereocenters. The van der Waals surface area contributed by atoms with Crippen LogP contribution in [0.3, 0.4) is 0 Å². The number of anilines is 3. The fourth-order valence-electron chi connectivity index (χ4n) is 2.24. The lowest BCUT2D eigenvalue weighted by molar-refractivity contribution is 1.04. The topological polar surface area (TPSA) is 128 Å². The number of nitrogens with one attached hydrogen (secondary N) is 3. The van der Waals surface area contributed by atoms with Crippen molar-refractivity contribution in [2.24, 2.45) is 0 Å². The zero-order chi connectivity index (χ0) is 16.8. The number of aromatic nitrogens is 4. The molecule has 0 amide bonds. The van der Waals surface area contributed by atoms with Crippen molar-refractivity contribution in [3.05, 3.63) is 48.2 Å². The second-order valence-corrected chi connectivity index (χ2v) is 4.96. The molecular weight excluding hydrogens is 304 g/mol. The molecule has 0 fully saturated rings. The summed E-state index contributed by atoms with van der Waals surface area (Å²) in [5, 5.41) is 22.5. The Kier molecular flexibility index (Phi) is 4.53. The number of nitrogen functional groups attached to an aromatic ring is 1. The number of nitrogens with zero attached hydrogens (tertiary/aromatic N) is 4. The summed E-state index contributed by atoms with van der Waals surface area (Å²) in [4.78, 5) is 8.27. The summed E-state index contributed by atoms with van der Waals surface area (Å²) in [5.41, 5.74) is 8.17. The number of nitrogens with two attached hydrogens (primary N) is 1. The van der Waals surface area contributed by atoms with Crippen LogP contribution in [0.1, 0.15) is 5.56 Å². The van der Waals surface area contributed by atoms with E-state index in [1.165, 1.54) is 0 Å². The van der Waals surface area contributed by atoms with Crippen molar-refractivity contribution in [3.63, 3.8) is 0 Å². The minimum absolute atomic E-state index is 0.0946. The maximum Gasteiger partial charge on any atom is 0.222 e. The summed E-state index contributed by atoms with van der Waals surface area (Å²) in [6, 6.07) is 13.7. The Bertz CT molecular complexity index is 837. The van der Waals surface area contributed by atoms with Gasteiger partial charge >= 0.3 is 0 Å². The van der Waals surface area contributed by atoms with Gasteiger partial charge in [0.25, 0.3) is 0 Å². The van der Waals surface area contributed by atoms with E-state index >= 15 is 0 Å². The highest BCUT2D eigenvalue weighted by Crippen LogP contribution is 2.24. The summed E-state index contributed by atoms with van der Waals surface area (Å²) >= 11 is 0. The van der Waals surface area contributed by atoms with E-state index in [0.29, 0.717) is 35.9 Å². The van der Waals surface area contributed by atoms with Gasteiger partial charge in [0.15, 0.2) is 0 Å². The van der Waals surface area contributed by atoms with Gasteiger partial charge in [0.1, 0.15) is 23.1 Å². The third-order valence-corrected chi connectivity index (χ3v) is 3.31. The maximum absolute atomic E-state index is 9.46. The van der Waals surface area contributed by atoms with Gasteiger partial charge in [-0.1, -0.05) is 18.2 Å².